The molecule has 102 valence electrons. The lowest BCUT2D eigenvalue weighted by Crippen LogP contribution is -2.13. The van der Waals surface area contributed by atoms with Crippen LogP contribution in [0.15, 0.2) is 36.8 Å². The van der Waals surface area contributed by atoms with Gasteiger partial charge in [0, 0.05) is 18.9 Å². The molecule has 0 amide bonds. The first kappa shape index (κ1) is 12.7. The molecule has 0 spiro atoms. The number of fused-ring (bicyclic) bond motifs is 1. The zero-order valence-electron chi connectivity index (χ0n) is 11.3. The second-order valence-electron chi connectivity index (χ2n) is 4.56. The van der Waals surface area contributed by atoms with Gasteiger partial charge in [0.1, 0.15) is 0 Å². The lowest BCUT2D eigenvalue weighted by molar-refractivity contribution is 0.662. The normalized spacial score (nSPS) is 11.1. The van der Waals surface area contributed by atoms with Crippen LogP contribution in [0.5, 0.6) is 0 Å². The summed E-state index contributed by atoms with van der Waals surface area (Å²) >= 11 is 0. The number of hydrogen-bond donors (Lipinski definition) is 1. The van der Waals surface area contributed by atoms with Crippen LogP contribution in [0.25, 0.3) is 16.7 Å². The highest BCUT2D eigenvalue weighted by Crippen LogP contribution is 2.14. The van der Waals surface area contributed by atoms with Crippen molar-refractivity contribution in [1.29, 1.82) is 0 Å². The quantitative estimate of drug-likeness (QED) is 0.713. The molecule has 2 aromatic heterocycles. The topological polar surface area (TPSA) is 68.5 Å². The monoisotopic (exact) mass is 268 g/mol. The van der Waals surface area contributed by atoms with Gasteiger partial charge in [0.05, 0.1) is 28.6 Å². The predicted octanol–water partition coefficient (Wildman–Crippen LogP) is 1.71. The fraction of sp³-hybridized carbons (Fsp3) is 0.286. The summed E-state index contributed by atoms with van der Waals surface area (Å²) in [4.78, 5) is 8.55. The highest BCUT2D eigenvalue weighted by Gasteiger charge is 2.04. The molecule has 0 saturated carbocycles. The van der Waals surface area contributed by atoms with Crippen molar-refractivity contribution in [3.63, 3.8) is 0 Å². The van der Waals surface area contributed by atoms with Crippen molar-refractivity contribution in [2.24, 2.45) is 0 Å². The SMILES string of the molecule is CCCNCc1cn(-c2ccc3nccnc3c2)nn1. The van der Waals surface area contributed by atoms with Crippen LogP contribution in [-0.2, 0) is 6.54 Å². The van der Waals surface area contributed by atoms with E-state index in [4.69, 9.17) is 0 Å². The number of aromatic nitrogens is 5. The van der Waals surface area contributed by atoms with E-state index in [2.05, 4.69) is 32.5 Å². The Morgan fingerprint density at radius 3 is 2.85 bits per heavy atom. The standard InChI is InChI=1S/C14H16N6/c1-2-5-15-9-11-10-20(19-18-11)12-3-4-13-14(8-12)17-7-6-16-13/h3-4,6-8,10,15H,2,5,9H2,1H3. The van der Waals surface area contributed by atoms with Crippen LogP contribution >= 0.6 is 0 Å². The second-order valence-corrected chi connectivity index (χ2v) is 4.56. The summed E-state index contributed by atoms with van der Waals surface area (Å²) in [5, 5.41) is 11.6. The molecule has 3 rings (SSSR count). The van der Waals surface area contributed by atoms with E-state index in [1.807, 2.05) is 24.4 Å². The van der Waals surface area contributed by atoms with Gasteiger partial charge < -0.3 is 5.32 Å². The van der Waals surface area contributed by atoms with Gasteiger partial charge in [0.2, 0.25) is 0 Å². The minimum atomic E-state index is 0.737. The molecule has 0 saturated heterocycles. The van der Waals surface area contributed by atoms with Crippen LogP contribution in [0.2, 0.25) is 0 Å². The van der Waals surface area contributed by atoms with Crippen molar-refractivity contribution in [2.45, 2.75) is 19.9 Å². The Labute approximate surface area is 116 Å². The van der Waals surface area contributed by atoms with Crippen LogP contribution in [0.3, 0.4) is 0 Å². The number of rotatable bonds is 5. The van der Waals surface area contributed by atoms with Crippen molar-refractivity contribution >= 4 is 11.0 Å². The first-order valence-electron chi connectivity index (χ1n) is 6.70. The molecule has 3 aromatic rings. The largest absolute Gasteiger partial charge is 0.311 e. The molecule has 1 aromatic carbocycles. The summed E-state index contributed by atoms with van der Waals surface area (Å²) in [6.45, 7) is 3.86. The summed E-state index contributed by atoms with van der Waals surface area (Å²) < 4.78 is 1.76. The maximum absolute atomic E-state index is 4.30. The minimum Gasteiger partial charge on any atom is -0.311 e. The zero-order valence-corrected chi connectivity index (χ0v) is 11.3. The Hall–Kier alpha value is -2.34. The molecule has 0 aliphatic rings. The summed E-state index contributed by atoms with van der Waals surface area (Å²) in [6, 6.07) is 5.86. The van der Waals surface area contributed by atoms with Gasteiger partial charge in [-0.3, -0.25) is 9.97 Å². The van der Waals surface area contributed by atoms with Crippen LogP contribution < -0.4 is 5.32 Å². The number of hydrogen-bond acceptors (Lipinski definition) is 5. The second kappa shape index (κ2) is 5.75. The first-order valence-corrected chi connectivity index (χ1v) is 6.70. The van der Waals surface area contributed by atoms with Gasteiger partial charge in [-0.1, -0.05) is 12.1 Å². The maximum atomic E-state index is 4.30. The van der Waals surface area contributed by atoms with Crippen LogP contribution in [-0.4, -0.2) is 31.5 Å². The molecule has 0 fully saturated rings. The Balaban J connectivity index is 1.83. The summed E-state index contributed by atoms with van der Waals surface area (Å²) in [5.41, 5.74) is 3.59. The van der Waals surface area contributed by atoms with Crippen molar-refractivity contribution in [3.8, 4) is 5.69 Å². The molecule has 0 bridgehead atoms. The molecule has 6 heteroatoms. The Bertz CT molecular complexity index is 705. The van der Waals surface area contributed by atoms with Crippen LogP contribution in [0.4, 0.5) is 0 Å². The summed E-state index contributed by atoms with van der Waals surface area (Å²) in [6.07, 6.45) is 6.42. The first-order chi connectivity index (χ1) is 9.86. The van der Waals surface area contributed by atoms with Crippen molar-refractivity contribution < 1.29 is 0 Å². The van der Waals surface area contributed by atoms with Crippen LogP contribution in [0, 0.1) is 0 Å². The van der Waals surface area contributed by atoms with Gasteiger partial charge in [-0.15, -0.1) is 5.10 Å². The van der Waals surface area contributed by atoms with Crippen molar-refractivity contribution in [2.75, 3.05) is 6.54 Å². The van der Waals surface area contributed by atoms with Crippen LogP contribution in [0.1, 0.15) is 19.0 Å². The highest BCUT2D eigenvalue weighted by atomic mass is 15.4. The molecule has 0 atom stereocenters. The third-order valence-corrected chi connectivity index (χ3v) is 2.99. The average Bonchev–Trinajstić information content (AvgIpc) is 2.96. The number of nitrogens with zero attached hydrogens (tertiary/aromatic N) is 5. The van der Waals surface area contributed by atoms with Gasteiger partial charge in [0.15, 0.2) is 0 Å². The fourth-order valence-electron chi connectivity index (χ4n) is 1.99. The molecule has 0 unspecified atom stereocenters. The third kappa shape index (κ3) is 2.65. The Morgan fingerprint density at radius 1 is 1.15 bits per heavy atom. The van der Waals surface area contributed by atoms with Crippen molar-refractivity contribution in [3.05, 3.63) is 42.5 Å². The molecule has 0 aliphatic heterocycles. The van der Waals surface area contributed by atoms with Crippen molar-refractivity contribution in [1.82, 2.24) is 30.3 Å². The molecule has 2 heterocycles. The van der Waals surface area contributed by atoms with E-state index in [0.717, 1.165) is 41.9 Å². The Kier molecular flexibility index (Phi) is 3.64. The van der Waals surface area contributed by atoms with Gasteiger partial charge in [-0.2, -0.15) is 0 Å². The lowest BCUT2D eigenvalue weighted by atomic mass is 10.2. The van der Waals surface area contributed by atoms with E-state index < -0.39 is 0 Å². The van der Waals surface area contributed by atoms with E-state index in [1.54, 1.807) is 17.1 Å². The molecular weight excluding hydrogens is 252 g/mol. The molecule has 0 aliphatic carbocycles. The van der Waals surface area contributed by atoms with E-state index >= 15 is 0 Å². The summed E-state index contributed by atoms with van der Waals surface area (Å²) in [5.74, 6) is 0. The molecule has 1 N–H and O–H groups in total. The Morgan fingerprint density at radius 2 is 2.00 bits per heavy atom. The molecule has 20 heavy (non-hydrogen) atoms. The highest BCUT2D eigenvalue weighted by molar-refractivity contribution is 5.76. The van der Waals surface area contributed by atoms with Gasteiger partial charge >= 0.3 is 0 Å². The molecule has 0 radical (unpaired) electrons. The zero-order chi connectivity index (χ0) is 13.8. The minimum absolute atomic E-state index is 0.737. The fourth-order valence-corrected chi connectivity index (χ4v) is 1.99. The van der Waals surface area contributed by atoms with Gasteiger partial charge in [-0.05, 0) is 31.2 Å². The summed E-state index contributed by atoms with van der Waals surface area (Å²) in [7, 11) is 0. The molecular formula is C14H16N6. The smallest absolute Gasteiger partial charge is 0.0969 e. The third-order valence-electron chi connectivity index (χ3n) is 2.99. The average molecular weight is 268 g/mol. The van der Waals surface area contributed by atoms with E-state index in [9.17, 15) is 0 Å². The number of benzene rings is 1. The molecule has 6 nitrogen and oxygen atoms in total. The maximum Gasteiger partial charge on any atom is 0.0969 e. The predicted molar refractivity (Wildman–Crippen MR) is 76.5 cm³/mol. The van der Waals surface area contributed by atoms with Gasteiger partial charge in [-0.25, -0.2) is 4.68 Å². The van der Waals surface area contributed by atoms with Gasteiger partial charge in [0.25, 0.3) is 0 Å². The number of nitrogens with one attached hydrogen (secondary N) is 1. The van der Waals surface area contributed by atoms with E-state index in [1.165, 1.54) is 0 Å². The van der Waals surface area contributed by atoms with E-state index in [0.29, 0.717) is 0 Å². The van der Waals surface area contributed by atoms with E-state index in [-0.39, 0.29) is 0 Å². The lowest BCUT2D eigenvalue weighted by Gasteiger charge is -2.01.